The van der Waals surface area contributed by atoms with Gasteiger partial charge < -0.3 is 15.1 Å². The maximum Gasteiger partial charge on any atom is 0.0880 e. The second-order valence-corrected chi connectivity index (χ2v) is 6.20. The molecule has 2 atom stereocenters. The summed E-state index contributed by atoms with van der Waals surface area (Å²) < 4.78 is 0. The Morgan fingerprint density at radius 1 is 1.38 bits per heavy atom. The number of hydrogen-bond donors (Lipinski definition) is 2. The first-order valence-corrected chi connectivity index (χ1v) is 6.49. The third-order valence-electron chi connectivity index (χ3n) is 5.32. The van der Waals surface area contributed by atoms with Crippen molar-refractivity contribution >= 4 is 0 Å². The van der Waals surface area contributed by atoms with Gasteiger partial charge in [-0.15, -0.1) is 0 Å². The fourth-order valence-electron chi connectivity index (χ4n) is 3.50. The van der Waals surface area contributed by atoms with Crippen molar-refractivity contribution in [1.82, 2.24) is 4.90 Å². The van der Waals surface area contributed by atoms with Crippen LogP contribution in [0.25, 0.3) is 0 Å². The molecular formula is C13H25NO2. The van der Waals surface area contributed by atoms with Crippen LogP contribution in [0.2, 0.25) is 0 Å². The van der Waals surface area contributed by atoms with Crippen molar-refractivity contribution in [1.29, 1.82) is 0 Å². The van der Waals surface area contributed by atoms with E-state index in [1.165, 1.54) is 0 Å². The molecule has 94 valence electrons. The van der Waals surface area contributed by atoms with Crippen molar-refractivity contribution in [2.75, 3.05) is 26.2 Å². The van der Waals surface area contributed by atoms with E-state index in [1.54, 1.807) is 0 Å². The molecule has 3 aliphatic rings. The summed E-state index contributed by atoms with van der Waals surface area (Å²) >= 11 is 0. The van der Waals surface area contributed by atoms with Crippen LogP contribution in [0.3, 0.4) is 0 Å². The van der Waals surface area contributed by atoms with Crippen LogP contribution in [0, 0.1) is 17.3 Å². The van der Waals surface area contributed by atoms with Gasteiger partial charge in [-0.1, -0.05) is 20.8 Å². The summed E-state index contributed by atoms with van der Waals surface area (Å²) in [5.74, 6) is 0.667. The normalized spacial score (nSPS) is 42.4. The summed E-state index contributed by atoms with van der Waals surface area (Å²) in [7, 11) is 0. The van der Waals surface area contributed by atoms with Crippen molar-refractivity contribution in [3.8, 4) is 0 Å². The van der Waals surface area contributed by atoms with Crippen LogP contribution in [0.5, 0.6) is 0 Å². The second-order valence-electron chi connectivity index (χ2n) is 6.20. The van der Waals surface area contributed by atoms with E-state index in [-0.39, 0.29) is 12.0 Å². The van der Waals surface area contributed by atoms with Gasteiger partial charge in [0.25, 0.3) is 0 Å². The van der Waals surface area contributed by atoms with Crippen LogP contribution in [-0.4, -0.2) is 47.0 Å². The van der Waals surface area contributed by atoms with Gasteiger partial charge in [-0.2, -0.15) is 0 Å². The van der Waals surface area contributed by atoms with Crippen LogP contribution >= 0.6 is 0 Å². The zero-order valence-electron chi connectivity index (χ0n) is 10.7. The standard InChI is InChI=1S/C13H25NO2/c1-10(2)12(3,9-15)13(16)8-14-6-4-11(13)5-7-14/h10-11,15-16H,4-9H2,1-3H3. The average Bonchev–Trinajstić information content (AvgIpc) is 2.28. The zero-order valence-corrected chi connectivity index (χ0v) is 10.7. The first-order chi connectivity index (χ1) is 7.44. The van der Waals surface area contributed by atoms with Crippen LogP contribution in [-0.2, 0) is 0 Å². The number of nitrogens with zero attached hydrogens (tertiary/aromatic N) is 1. The van der Waals surface area contributed by atoms with Gasteiger partial charge in [0.05, 0.1) is 12.2 Å². The molecule has 0 aromatic rings. The molecule has 3 aliphatic heterocycles. The highest BCUT2D eigenvalue weighted by atomic mass is 16.3. The Kier molecular flexibility index (Phi) is 3.06. The minimum atomic E-state index is -0.702. The molecule has 2 N–H and O–H groups in total. The summed E-state index contributed by atoms with van der Waals surface area (Å²) in [5, 5.41) is 20.8. The van der Waals surface area contributed by atoms with Crippen molar-refractivity contribution < 1.29 is 10.2 Å². The van der Waals surface area contributed by atoms with E-state index in [0.717, 1.165) is 32.5 Å². The van der Waals surface area contributed by atoms with Gasteiger partial charge in [-0.3, -0.25) is 0 Å². The molecule has 0 radical (unpaired) electrons. The number of aliphatic hydroxyl groups is 2. The Morgan fingerprint density at radius 2 is 1.94 bits per heavy atom. The van der Waals surface area contributed by atoms with Crippen molar-refractivity contribution in [3.05, 3.63) is 0 Å². The fraction of sp³-hybridized carbons (Fsp3) is 1.00. The molecule has 2 unspecified atom stereocenters. The Hall–Kier alpha value is -0.120. The third-order valence-corrected chi connectivity index (χ3v) is 5.32. The molecule has 3 nitrogen and oxygen atoms in total. The predicted molar refractivity (Wildman–Crippen MR) is 64.1 cm³/mol. The lowest BCUT2D eigenvalue weighted by Gasteiger charge is -2.59. The highest BCUT2D eigenvalue weighted by Gasteiger charge is 2.57. The molecule has 0 amide bonds. The summed E-state index contributed by atoms with van der Waals surface area (Å²) in [4.78, 5) is 2.34. The molecule has 3 rings (SSSR count). The molecule has 0 saturated carbocycles. The van der Waals surface area contributed by atoms with Crippen LogP contribution in [0.1, 0.15) is 33.6 Å². The lowest BCUT2D eigenvalue weighted by Crippen LogP contribution is -2.68. The van der Waals surface area contributed by atoms with Crippen molar-refractivity contribution in [3.63, 3.8) is 0 Å². The topological polar surface area (TPSA) is 43.7 Å². The number of aliphatic hydroxyl groups excluding tert-OH is 1. The largest absolute Gasteiger partial charge is 0.396 e. The van der Waals surface area contributed by atoms with E-state index in [0.29, 0.717) is 11.8 Å². The smallest absolute Gasteiger partial charge is 0.0880 e. The Balaban J connectivity index is 2.30. The quantitative estimate of drug-likeness (QED) is 0.759. The minimum Gasteiger partial charge on any atom is -0.396 e. The van der Waals surface area contributed by atoms with E-state index in [9.17, 15) is 10.2 Å². The van der Waals surface area contributed by atoms with E-state index >= 15 is 0 Å². The first-order valence-electron chi connectivity index (χ1n) is 6.49. The van der Waals surface area contributed by atoms with Crippen LogP contribution in [0.4, 0.5) is 0 Å². The molecule has 0 aliphatic carbocycles. The number of rotatable bonds is 3. The third kappa shape index (κ3) is 1.52. The van der Waals surface area contributed by atoms with Gasteiger partial charge in [-0.05, 0) is 37.8 Å². The summed E-state index contributed by atoms with van der Waals surface area (Å²) in [6.07, 6.45) is 2.16. The Bertz CT molecular complexity index is 261. The number of fused-ring (bicyclic) bond motifs is 3. The molecule has 0 aromatic heterocycles. The SMILES string of the molecule is CC(C)C(C)(CO)C1(O)CN2CCC1CC2. The van der Waals surface area contributed by atoms with E-state index in [1.807, 2.05) is 6.92 Å². The monoisotopic (exact) mass is 227 g/mol. The second kappa shape index (κ2) is 3.97. The molecule has 16 heavy (non-hydrogen) atoms. The van der Waals surface area contributed by atoms with Gasteiger partial charge in [0, 0.05) is 12.0 Å². The number of piperidine rings is 3. The maximum atomic E-state index is 11.0. The molecule has 3 fully saturated rings. The van der Waals surface area contributed by atoms with Gasteiger partial charge in [0.15, 0.2) is 0 Å². The van der Waals surface area contributed by atoms with Gasteiger partial charge in [0.2, 0.25) is 0 Å². The summed E-state index contributed by atoms with van der Waals surface area (Å²) in [5.41, 5.74) is -1.08. The molecule has 0 spiro atoms. The summed E-state index contributed by atoms with van der Waals surface area (Å²) in [6, 6.07) is 0. The molecule has 0 aromatic carbocycles. The average molecular weight is 227 g/mol. The zero-order chi connectivity index (χ0) is 12.0. The van der Waals surface area contributed by atoms with Crippen LogP contribution < -0.4 is 0 Å². The van der Waals surface area contributed by atoms with Gasteiger partial charge in [0.1, 0.15) is 0 Å². The van der Waals surface area contributed by atoms with Gasteiger partial charge in [-0.25, -0.2) is 0 Å². The highest BCUT2D eigenvalue weighted by Crippen LogP contribution is 2.49. The van der Waals surface area contributed by atoms with Crippen molar-refractivity contribution in [2.45, 2.75) is 39.2 Å². The lowest BCUT2D eigenvalue weighted by molar-refractivity contribution is -0.207. The molecule has 2 bridgehead atoms. The predicted octanol–water partition coefficient (Wildman–Crippen LogP) is 1.10. The van der Waals surface area contributed by atoms with E-state index in [2.05, 4.69) is 18.7 Å². The summed E-state index contributed by atoms with van der Waals surface area (Å²) in [6.45, 7) is 9.30. The highest BCUT2D eigenvalue weighted by molar-refractivity contribution is 5.08. The Labute approximate surface area is 98.5 Å². The van der Waals surface area contributed by atoms with Crippen molar-refractivity contribution in [2.24, 2.45) is 17.3 Å². The molecule has 3 saturated heterocycles. The van der Waals surface area contributed by atoms with E-state index in [4.69, 9.17) is 0 Å². The maximum absolute atomic E-state index is 11.0. The van der Waals surface area contributed by atoms with Gasteiger partial charge >= 0.3 is 0 Å². The fourth-order valence-corrected chi connectivity index (χ4v) is 3.50. The van der Waals surface area contributed by atoms with E-state index < -0.39 is 5.60 Å². The first kappa shape index (κ1) is 12.3. The molecular weight excluding hydrogens is 202 g/mol. The molecule has 3 heterocycles. The van der Waals surface area contributed by atoms with Crippen LogP contribution in [0.15, 0.2) is 0 Å². The Morgan fingerprint density at radius 3 is 2.25 bits per heavy atom. The number of hydrogen-bond acceptors (Lipinski definition) is 3. The lowest BCUT2D eigenvalue weighted by atomic mass is 9.57. The molecule has 3 heteroatoms. The minimum absolute atomic E-state index is 0.0749.